The van der Waals surface area contributed by atoms with Crippen molar-refractivity contribution in [3.05, 3.63) is 69.8 Å². The highest BCUT2D eigenvalue weighted by molar-refractivity contribution is 5.96. The Bertz CT molecular complexity index is 819. The Kier molecular flexibility index (Phi) is 5.71. The average Bonchev–Trinajstić information content (AvgIpc) is 3.45. The first-order chi connectivity index (χ1) is 12.9. The van der Waals surface area contributed by atoms with Crippen LogP contribution < -0.4 is 10.6 Å². The van der Waals surface area contributed by atoms with Crippen LogP contribution in [0.3, 0.4) is 0 Å². The van der Waals surface area contributed by atoms with Gasteiger partial charge in [-0.2, -0.15) is 0 Å². The zero-order valence-corrected chi connectivity index (χ0v) is 15.5. The van der Waals surface area contributed by atoms with Crippen LogP contribution in [-0.4, -0.2) is 42.4 Å². The van der Waals surface area contributed by atoms with Gasteiger partial charge in [0.25, 0.3) is 11.6 Å². The van der Waals surface area contributed by atoms with Gasteiger partial charge in [-0.25, -0.2) is 0 Å². The van der Waals surface area contributed by atoms with Gasteiger partial charge in [-0.15, -0.1) is 0 Å². The van der Waals surface area contributed by atoms with Crippen LogP contribution in [0.15, 0.2) is 48.5 Å². The normalized spacial score (nSPS) is 14.6. The van der Waals surface area contributed by atoms with Crippen molar-refractivity contribution in [1.82, 2.24) is 10.2 Å². The molecule has 7 nitrogen and oxygen atoms in total. The zero-order chi connectivity index (χ0) is 19.4. The molecule has 1 amide bonds. The first-order valence-corrected chi connectivity index (χ1v) is 8.99. The number of amides is 1. The highest BCUT2D eigenvalue weighted by Crippen LogP contribution is 2.31. The first-order valence-electron chi connectivity index (χ1n) is 8.99. The van der Waals surface area contributed by atoms with E-state index in [2.05, 4.69) is 10.6 Å². The van der Waals surface area contributed by atoms with E-state index in [-0.39, 0.29) is 23.2 Å². The molecule has 142 valence electrons. The summed E-state index contributed by atoms with van der Waals surface area (Å²) in [6.45, 7) is 0.624. The standard InChI is InChI=1S/C20H24N4O3/c1-23(2)13-18(14-6-4-3-5-7-14)22-20(25)15-8-11-17(21-16-9-10-16)19(12-15)24(26)27/h3-8,11-12,16,18,21H,9-10,13H2,1-2H3,(H,22,25)/t18-/m0/s1. The number of benzene rings is 2. The predicted octanol–water partition coefficient (Wildman–Crippen LogP) is 3.20. The molecule has 0 spiro atoms. The summed E-state index contributed by atoms with van der Waals surface area (Å²) in [6.07, 6.45) is 2.03. The Hall–Kier alpha value is -2.93. The number of hydrogen-bond acceptors (Lipinski definition) is 5. The largest absolute Gasteiger partial charge is 0.377 e. The Morgan fingerprint density at radius 2 is 1.93 bits per heavy atom. The lowest BCUT2D eigenvalue weighted by Gasteiger charge is -2.23. The lowest BCUT2D eigenvalue weighted by molar-refractivity contribution is -0.384. The molecule has 0 saturated heterocycles. The molecule has 2 N–H and O–H groups in total. The molecule has 0 heterocycles. The number of nitrogens with zero attached hydrogens (tertiary/aromatic N) is 2. The number of carbonyl (C=O) groups excluding carboxylic acids is 1. The van der Waals surface area contributed by atoms with Crippen LogP contribution in [0.4, 0.5) is 11.4 Å². The zero-order valence-electron chi connectivity index (χ0n) is 15.5. The van der Waals surface area contributed by atoms with Crippen LogP contribution in [0, 0.1) is 10.1 Å². The second-order valence-corrected chi connectivity index (χ2v) is 7.11. The highest BCUT2D eigenvalue weighted by atomic mass is 16.6. The molecule has 0 unspecified atom stereocenters. The molecule has 0 radical (unpaired) electrons. The number of hydrogen-bond donors (Lipinski definition) is 2. The second-order valence-electron chi connectivity index (χ2n) is 7.11. The van der Waals surface area contributed by atoms with E-state index >= 15 is 0 Å². The van der Waals surface area contributed by atoms with Crippen molar-refractivity contribution < 1.29 is 9.72 Å². The fraction of sp³-hybridized carbons (Fsp3) is 0.350. The van der Waals surface area contributed by atoms with Gasteiger partial charge in [0.1, 0.15) is 5.69 Å². The summed E-state index contributed by atoms with van der Waals surface area (Å²) in [5, 5.41) is 17.6. The Morgan fingerprint density at radius 1 is 1.22 bits per heavy atom. The van der Waals surface area contributed by atoms with Crippen LogP contribution in [0.5, 0.6) is 0 Å². The fourth-order valence-corrected chi connectivity index (χ4v) is 2.92. The number of anilines is 1. The third-order valence-corrected chi connectivity index (χ3v) is 4.45. The van der Waals surface area contributed by atoms with Gasteiger partial charge in [-0.3, -0.25) is 14.9 Å². The molecule has 2 aromatic carbocycles. The molecule has 2 aromatic rings. The minimum atomic E-state index is -0.448. The van der Waals surface area contributed by atoms with Gasteiger partial charge in [0.15, 0.2) is 0 Å². The molecular formula is C20H24N4O3. The third-order valence-electron chi connectivity index (χ3n) is 4.45. The van der Waals surface area contributed by atoms with E-state index < -0.39 is 4.92 Å². The number of nitrogens with one attached hydrogen (secondary N) is 2. The number of nitro groups is 1. The monoisotopic (exact) mass is 368 g/mol. The van der Waals surface area contributed by atoms with Gasteiger partial charge in [-0.1, -0.05) is 30.3 Å². The second kappa shape index (κ2) is 8.18. The van der Waals surface area contributed by atoms with Gasteiger partial charge >= 0.3 is 0 Å². The minimum Gasteiger partial charge on any atom is -0.377 e. The maximum atomic E-state index is 12.8. The van der Waals surface area contributed by atoms with E-state index in [1.54, 1.807) is 12.1 Å². The highest BCUT2D eigenvalue weighted by Gasteiger charge is 2.26. The molecule has 7 heteroatoms. The summed E-state index contributed by atoms with van der Waals surface area (Å²) < 4.78 is 0. The summed E-state index contributed by atoms with van der Waals surface area (Å²) >= 11 is 0. The number of nitro benzene ring substituents is 1. The van der Waals surface area contributed by atoms with Crippen LogP contribution in [0.2, 0.25) is 0 Å². The molecule has 0 aromatic heterocycles. The van der Waals surface area contributed by atoms with Crippen molar-refractivity contribution in [2.45, 2.75) is 24.9 Å². The van der Waals surface area contributed by atoms with Gasteiger partial charge in [0.2, 0.25) is 0 Å². The molecule has 1 saturated carbocycles. The molecule has 0 bridgehead atoms. The summed E-state index contributed by atoms with van der Waals surface area (Å²) in [4.78, 5) is 25.7. The molecule has 27 heavy (non-hydrogen) atoms. The maximum Gasteiger partial charge on any atom is 0.293 e. The smallest absolute Gasteiger partial charge is 0.293 e. The van der Waals surface area contributed by atoms with E-state index in [1.165, 1.54) is 6.07 Å². The van der Waals surface area contributed by atoms with Gasteiger partial charge in [0.05, 0.1) is 11.0 Å². The van der Waals surface area contributed by atoms with E-state index in [0.29, 0.717) is 18.3 Å². The molecule has 1 aliphatic rings. The van der Waals surface area contributed by atoms with E-state index in [1.807, 2.05) is 49.3 Å². The Balaban J connectivity index is 1.80. The van der Waals surface area contributed by atoms with Crippen LogP contribution in [0.25, 0.3) is 0 Å². The molecule has 1 aliphatic carbocycles. The molecular weight excluding hydrogens is 344 g/mol. The van der Waals surface area contributed by atoms with Crippen molar-refractivity contribution in [2.75, 3.05) is 26.0 Å². The molecule has 1 atom stereocenters. The molecule has 1 fully saturated rings. The summed E-state index contributed by atoms with van der Waals surface area (Å²) in [6, 6.07) is 14.4. The molecule has 3 rings (SSSR count). The minimum absolute atomic E-state index is 0.0709. The topological polar surface area (TPSA) is 87.5 Å². The van der Waals surface area contributed by atoms with Crippen LogP contribution in [-0.2, 0) is 0 Å². The fourth-order valence-electron chi connectivity index (χ4n) is 2.92. The lowest BCUT2D eigenvalue weighted by atomic mass is 10.1. The first kappa shape index (κ1) is 18.8. The van der Waals surface area contributed by atoms with Gasteiger partial charge < -0.3 is 15.5 Å². The predicted molar refractivity (Wildman–Crippen MR) is 105 cm³/mol. The van der Waals surface area contributed by atoms with Crippen molar-refractivity contribution in [1.29, 1.82) is 0 Å². The number of carbonyl (C=O) groups is 1. The Morgan fingerprint density at radius 3 is 2.52 bits per heavy atom. The summed E-state index contributed by atoms with van der Waals surface area (Å²) in [5.41, 5.74) is 1.66. The van der Waals surface area contributed by atoms with Crippen LogP contribution >= 0.6 is 0 Å². The van der Waals surface area contributed by atoms with E-state index in [0.717, 1.165) is 18.4 Å². The van der Waals surface area contributed by atoms with Gasteiger partial charge in [-0.05, 0) is 44.6 Å². The van der Waals surface area contributed by atoms with E-state index in [4.69, 9.17) is 0 Å². The lowest BCUT2D eigenvalue weighted by Crippen LogP contribution is -2.35. The number of rotatable bonds is 8. The summed E-state index contributed by atoms with van der Waals surface area (Å²) in [5.74, 6) is -0.327. The number of likely N-dealkylation sites (N-methyl/N-ethyl adjacent to an activating group) is 1. The quantitative estimate of drug-likeness (QED) is 0.552. The summed E-state index contributed by atoms with van der Waals surface area (Å²) in [7, 11) is 3.87. The van der Waals surface area contributed by atoms with Crippen molar-refractivity contribution in [2.24, 2.45) is 0 Å². The van der Waals surface area contributed by atoms with Crippen LogP contribution in [0.1, 0.15) is 34.8 Å². The maximum absolute atomic E-state index is 12.8. The SMILES string of the molecule is CN(C)C[C@H](NC(=O)c1ccc(NC2CC2)c([N+](=O)[O-])c1)c1ccccc1. The average molecular weight is 368 g/mol. The van der Waals surface area contributed by atoms with E-state index in [9.17, 15) is 14.9 Å². The van der Waals surface area contributed by atoms with Crippen molar-refractivity contribution in [3.63, 3.8) is 0 Å². The molecule has 0 aliphatic heterocycles. The third kappa shape index (κ3) is 5.04. The van der Waals surface area contributed by atoms with Crippen molar-refractivity contribution in [3.8, 4) is 0 Å². The van der Waals surface area contributed by atoms with Gasteiger partial charge in [0, 0.05) is 24.2 Å². The Labute approximate surface area is 158 Å². The van der Waals surface area contributed by atoms with Crippen molar-refractivity contribution >= 4 is 17.3 Å².